The lowest BCUT2D eigenvalue weighted by Gasteiger charge is -2.18. The molecule has 2 aliphatic carbocycles. The smallest absolute Gasteiger partial charge is 0.328 e. The third-order valence-corrected chi connectivity index (χ3v) is 4.81. The first-order chi connectivity index (χ1) is 12.9. The van der Waals surface area contributed by atoms with Crippen molar-refractivity contribution in [2.45, 2.75) is 25.7 Å². The molecule has 27 heavy (non-hydrogen) atoms. The van der Waals surface area contributed by atoms with Crippen molar-refractivity contribution in [3.05, 3.63) is 87.4 Å². The normalized spacial score (nSPS) is 12.6. The van der Waals surface area contributed by atoms with Crippen molar-refractivity contribution < 1.29 is 19.8 Å². The number of carboxylic acids is 2. The summed E-state index contributed by atoms with van der Waals surface area (Å²) in [4.78, 5) is 19.5. The van der Waals surface area contributed by atoms with E-state index in [1.165, 1.54) is 45.6 Å². The number of benzene rings is 2. The van der Waals surface area contributed by atoms with Gasteiger partial charge in [-0.2, -0.15) is 0 Å². The maximum absolute atomic E-state index is 10.3. The Morgan fingerprint density at radius 3 is 1.74 bits per heavy atom. The Labute approximate surface area is 167 Å². The molecule has 2 aromatic rings. The highest BCUT2D eigenvalue weighted by atomic mass is 79.9. The van der Waals surface area contributed by atoms with Gasteiger partial charge in [0.05, 0.1) is 0 Å². The zero-order chi connectivity index (χ0) is 19.8. The van der Waals surface area contributed by atoms with E-state index in [9.17, 15) is 9.59 Å². The first-order valence-electron chi connectivity index (χ1n) is 8.54. The molecule has 2 aromatic carbocycles. The standard InChI is InChI=1S/C11H10O2.C8H7Br.C3H4O2/c12-11(13)6-2-8-1-3-9-4-5-10(9)7-8;9-8-4-3-6-1-2-7(6)5-8;1-2-3(4)5/h1-3,6-7H,4-5H2,(H,12,13);3-5H,1-2H2;2H,1H2,(H,4,5)/b6-2+;;. The van der Waals surface area contributed by atoms with Crippen LogP contribution in [-0.2, 0) is 35.3 Å². The quantitative estimate of drug-likeness (QED) is 0.695. The Morgan fingerprint density at radius 1 is 0.852 bits per heavy atom. The zero-order valence-corrected chi connectivity index (χ0v) is 16.4. The minimum Gasteiger partial charge on any atom is -0.478 e. The lowest BCUT2D eigenvalue weighted by atomic mass is 9.87. The summed E-state index contributed by atoms with van der Waals surface area (Å²) in [5.41, 5.74) is 6.77. The molecule has 0 atom stereocenters. The molecular formula is C22H21BrO4. The van der Waals surface area contributed by atoms with Gasteiger partial charge < -0.3 is 10.2 Å². The van der Waals surface area contributed by atoms with E-state index < -0.39 is 11.9 Å². The number of fused-ring (bicyclic) bond motifs is 2. The van der Waals surface area contributed by atoms with Gasteiger partial charge in [-0.05, 0) is 71.7 Å². The number of aliphatic carboxylic acids is 2. The predicted molar refractivity (Wildman–Crippen MR) is 110 cm³/mol. The highest BCUT2D eigenvalue weighted by molar-refractivity contribution is 9.10. The van der Waals surface area contributed by atoms with Crippen LogP contribution in [0.1, 0.15) is 27.8 Å². The Morgan fingerprint density at radius 2 is 1.37 bits per heavy atom. The van der Waals surface area contributed by atoms with Gasteiger partial charge in [-0.25, -0.2) is 9.59 Å². The first-order valence-corrected chi connectivity index (χ1v) is 9.34. The van der Waals surface area contributed by atoms with E-state index in [0.717, 1.165) is 24.5 Å². The molecule has 0 radical (unpaired) electrons. The molecule has 2 aliphatic rings. The maximum atomic E-state index is 10.3. The van der Waals surface area contributed by atoms with Gasteiger partial charge >= 0.3 is 11.9 Å². The first kappa shape index (κ1) is 20.6. The molecule has 2 N–H and O–H groups in total. The molecule has 0 saturated carbocycles. The molecular weight excluding hydrogens is 408 g/mol. The summed E-state index contributed by atoms with van der Waals surface area (Å²) >= 11 is 3.43. The molecule has 0 aromatic heterocycles. The van der Waals surface area contributed by atoms with Crippen LogP contribution in [0.15, 0.2) is 59.6 Å². The number of hydrogen-bond acceptors (Lipinski definition) is 2. The van der Waals surface area contributed by atoms with Crippen LogP contribution in [0.25, 0.3) is 6.08 Å². The Bertz CT molecular complexity index is 884. The van der Waals surface area contributed by atoms with E-state index in [0.29, 0.717) is 0 Å². The van der Waals surface area contributed by atoms with Crippen molar-refractivity contribution in [1.82, 2.24) is 0 Å². The van der Waals surface area contributed by atoms with Crippen molar-refractivity contribution in [2.75, 3.05) is 0 Å². The van der Waals surface area contributed by atoms with Crippen molar-refractivity contribution in [2.24, 2.45) is 0 Å². The molecule has 0 aliphatic heterocycles. The lowest BCUT2D eigenvalue weighted by molar-refractivity contribution is -0.132. The fourth-order valence-corrected chi connectivity index (χ4v) is 3.06. The molecule has 0 saturated heterocycles. The number of hydrogen-bond donors (Lipinski definition) is 2. The maximum Gasteiger partial charge on any atom is 0.328 e. The second-order valence-electron chi connectivity index (χ2n) is 6.16. The monoisotopic (exact) mass is 428 g/mol. The third kappa shape index (κ3) is 6.53. The average Bonchev–Trinajstić information content (AvgIpc) is 2.59. The zero-order valence-electron chi connectivity index (χ0n) is 14.8. The molecule has 0 unspecified atom stereocenters. The number of aryl methyl sites for hydroxylation is 4. The third-order valence-electron chi connectivity index (χ3n) is 4.32. The van der Waals surface area contributed by atoms with Gasteiger partial charge in [0.15, 0.2) is 0 Å². The van der Waals surface area contributed by atoms with E-state index in [2.05, 4.69) is 52.8 Å². The second kappa shape index (κ2) is 9.88. The molecule has 0 fully saturated rings. The summed E-state index contributed by atoms with van der Waals surface area (Å²) in [5, 5.41) is 16.0. The van der Waals surface area contributed by atoms with E-state index in [4.69, 9.17) is 10.2 Å². The Hall–Kier alpha value is -2.66. The van der Waals surface area contributed by atoms with Gasteiger partial charge in [0.2, 0.25) is 0 Å². The van der Waals surface area contributed by atoms with E-state index in [1.807, 2.05) is 6.07 Å². The summed E-state index contributed by atoms with van der Waals surface area (Å²) < 4.78 is 1.21. The van der Waals surface area contributed by atoms with Crippen LogP contribution >= 0.6 is 15.9 Å². The summed E-state index contributed by atoms with van der Waals surface area (Å²) in [6.45, 7) is 2.96. The van der Waals surface area contributed by atoms with E-state index in [1.54, 1.807) is 6.08 Å². The minimum absolute atomic E-state index is 0.833. The molecule has 4 rings (SSSR count). The van der Waals surface area contributed by atoms with Gasteiger partial charge in [0, 0.05) is 16.6 Å². The van der Waals surface area contributed by atoms with Crippen LogP contribution in [0.2, 0.25) is 0 Å². The molecule has 0 bridgehead atoms. The van der Waals surface area contributed by atoms with Crippen molar-refractivity contribution in [3.63, 3.8) is 0 Å². The largest absolute Gasteiger partial charge is 0.478 e. The number of rotatable bonds is 3. The van der Waals surface area contributed by atoms with Gasteiger partial charge in [0.1, 0.15) is 0 Å². The molecule has 0 heterocycles. The highest BCUT2D eigenvalue weighted by Crippen LogP contribution is 2.25. The topological polar surface area (TPSA) is 74.6 Å². The minimum atomic E-state index is -0.981. The number of carboxylic acid groups (broad SMARTS) is 2. The van der Waals surface area contributed by atoms with Crippen LogP contribution in [0.3, 0.4) is 0 Å². The molecule has 0 spiro atoms. The lowest BCUT2D eigenvalue weighted by Crippen LogP contribution is -2.07. The summed E-state index contributed by atoms with van der Waals surface area (Å²) in [5.74, 6) is -1.88. The fourth-order valence-electron chi connectivity index (χ4n) is 2.65. The van der Waals surface area contributed by atoms with Gasteiger partial charge in [-0.3, -0.25) is 0 Å². The summed E-state index contributed by atoms with van der Waals surface area (Å²) in [6, 6.07) is 12.6. The molecule has 140 valence electrons. The molecule has 4 nitrogen and oxygen atoms in total. The number of carbonyl (C=O) groups is 2. The summed E-state index contributed by atoms with van der Waals surface area (Å²) in [6.07, 6.45) is 8.47. The van der Waals surface area contributed by atoms with Crippen molar-refractivity contribution in [3.8, 4) is 0 Å². The SMILES string of the molecule is Brc1ccc2c(c1)CC2.C=CC(=O)O.O=C(O)/C=C/c1ccc2c(c1)CC2. The van der Waals surface area contributed by atoms with Crippen LogP contribution in [0.4, 0.5) is 0 Å². The Balaban J connectivity index is 0.000000162. The van der Waals surface area contributed by atoms with Gasteiger partial charge in [-0.1, -0.05) is 46.8 Å². The van der Waals surface area contributed by atoms with Gasteiger partial charge in [0.25, 0.3) is 0 Å². The van der Waals surface area contributed by atoms with Crippen LogP contribution < -0.4 is 0 Å². The molecule has 5 heteroatoms. The van der Waals surface area contributed by atoms with Crippen LogP contribution in [-0.4, -0.2) is 22.2 Å². The fraction of sp³-hybridized carbons (Fsp3) is 0.182. The van der Waals surface area contributed by atoms with E-state index >= 15 is 0 Å². The van der Waals surface area contributed by atoms with Crippen molar-refractivity contribution >= 4 is 33.9 Å². The van der Waals surface area contributed by atoms with Crippen LogP contribution in [0.5, 0.6) is 0 Å². The second-order valence-corrected chi connectivity index (χ2v) is 7.07. The van der Waals surface area contributed by atoms with Crippen LogP contribution in [0, 0.1) is 0 Å². The van der Waals surface area contributed by atoms with Crippen molar-refractivity contribution in [1.29, 1.82) is 0 Å². The van der Waals surface area contributed by atoms with Gasteiger partial charge in [-0.15, -0.1) is 0 Å². The average molecular weight is 429 g/mol. The molecule has 0 amide bonds. The predicted octanol–water partition coefficient (Wildman–Crippen LogP) is 4.69. The number of halogens is 1. The Kier molecular flexibility index (Phi) is 7.55. The van der Waals surface area contributed by atoms with E-state index in [-0.39, 0.29) is 0 Å². The highest BCUT2D eigenvalue weighted by Gasteiger charge is 2.12. The summed E-state index contributed by atoms with van der Waals surface area (Å²) in [7, 11) is 0.